The minimum atomic E-state index is -0.402. The van der Waals surface area contributed by atoms with Gasteiger partial charge in [0.25, 0.3) is 5.91 Å². The van der Waals surface area contributed by atoms with Gasteiger partial charge in [-0.2, -0.15) is 0 Å². The fourth-order valence-electron chi connectivity index (χ4n) is 4.05. The molecule has 0 spiro atoms. The van der Waals surface area contributed by atoms with Crippen molar-refractivity contribution < 1.29 is 18.3 Å². The van der Waals surface area contributed by atoms with Gasteiger partial charge in [0.15, 0.2) is 6.61 Å². The molecule has 5 rings (SSSR count). The molecule has 0 N–H and O–H groups in total. The van der Waals surface area contributed by atoms with Gasteiger partial charge in [-0.15, -0.1) is 0 Å². The van der Waals surface area contributed by atoms with E-state index in [0.29, 0.717) is 42.9 Å². The van der Waals surface area contributed by atoms with Gasteiger partial charge in [-0.25, -0.2) is 9.18 Å². The largest absolute Gasteiger partial charge is 0.484 e. The molecule has 0 unspecified atom stereocenters. The van der Waals surface area contributed by atoms with Crippen molar-refractivity contribution >= 4 is 33.3 Å². The van der Waals surface area contributed by atoms with Gasteiger partial charge in [0.05, 0.1) is 5.39 Å². The maximum atomic E-state index is 13.1. The van der Waals surface area contributed by atoms with Crippen LogP contribution in [0.15, 0.2) is 75.9 Å². The van der Waals surface area contributed by atoms with Crippen molar-refractivity contribution in [3.05, 3.63) is 83.0 Å². The van der Waals surface area contributed by atoms with Crippen LogP contribution in [-0.4, -0.2) is 43.6 Å². The van der Waals surface area contributed by atoms with Gasteiger partial charge in [0.1, 0.15) is 17.1 Å². The normalized spacial score (nSPS) is 14.2. The van der Waals surface area contributed by atoms with Gasteiger partial charge in [-0.1, -0.05) is 18.2 Å². The zero-order valence-corrected chi connectivity index (χ0v) is 17.3. The average Bonchev–Trinajstić information content (AvgIpc) is 2.83. The SMILES string of the molecule is O=C(COc1ccc2c(c1)oc(=O)c1ccccc12)N1CCN(c2ccc(F)cc2)CC1. The van der Waals surface area contributed by atoms with Crippen molar-refractivity contribution in [1.82, 2.24) is 4.90 Å². The van der Waals surface area contributed by atoms with Crippen molar-refractivity contribution in [1.29, 1.82) is 0 Å². The minimum Gasteiger partial charge on any atom is -0.484 e. The summed E-state index contributed by atoms with van der Waals surface area (Å²) in [5.74, 6) is 0.0962. The Hall–Kier alpha value is -3.87. The van der Waals surface area contributed by atoms with Crippen LogP contribution in [-0.2, 0) is 4.79 Å². The van der Waals surface area contributed by atoms with Crippen molar-refractivity contribution in [3.63, 3.8) is 0 Å². The number of piperazine rings is 1. The first kappa shape index (κ1) is 20.1. The van der Waals surface area contributed by atoms with E-state index in [9.17, 15) is 14.0 Å². The molecule has 1 fully saturated rings. The monoisotopic (exact) mass is 432 g/mol. The van der Waals surface area contributed by atoms with E-state index in [1.165, 1.54) is 12.1 Å². The highest BCUT2D eigenvalue weighted by Crippen LogP contribution is 2.26. The Morgan fingerprint density at radius 3 is 2.38 bits per heavy atom. The van der Waals surface area contributed by atoms with Gasteiger partial charge < -0.3 is 19.0 Å². The van der Waals surface area contributed by atoms with E-state index in [4.69, 9.17) is 9.15 Å². The number of carbonyl (C=O) groups is 1. The Morgan fingerprint density at radius 1 is 0.906 bits per heavy atom. The molecule has 0 atom stereocenters. The van der Waals surface area contributed by atoms with Gasteiger partial charge in [-0.3, -0.25) is 4.79 Å². The molecule has 0 aliphatic carbocycles. The summed E-state index contributed by atoms with van der Waals surface area (Å²) in [6.45, 7) is 2.38. The molecular weight excluding hydrogens is 411 g/mol. The Morgan fingerprint density at radius 2 is 1.62 bits per heavy atom. The summed E-state index contributed by atoms with van der Waals surface area (Å²) < 4.78 is 24.3. The molecule has 0 radical (unpaired) electrons. The summed E-state index contributed by atoms with van der Waals surface area (Å²) in [4.78, 5) is 28.7. The molecule has 1 amide bonds. The van der Waals surface area contributed by atoms with Crippen LogP contribution in [0.1, 0.15) is 0 Å². The number of rotatable bonds is 4. The first-order valence-corrected chi connectivity index (χ1v) is 10.5. The summed E-state index contributed by atoms with van der Waals surface area (Å²) >= 11 is 0. The lowest BCUT2D eigenvalue weighted by molar-refractivity contribution is -0.133. The summed E-state index contributed by atoms with van der Waals surface area (Å²) in [6, 6.07) is 18.9. The molecule has 1 aromatic heterocycles. The van der Waals surface area contributed by atoms with Crippen LogP contribution >= 0.6 is 0 Å². The Kier molecular flexibility index (Phi) is 5.23. The molecule has 0 bridgehead atoms. The molecular formula is C25H21FN2O4. The Balaban J connectivity index is 1.23. The molecule has 4 aromatic rings. The highest BCUT2D eigenvalue weighted by molar-refractivity contribution is 6.04. The van der Waals surface area contributed by atoms with Crippen LogP contribution in [0.2, 0.25) is 0 Å². The lowest BCUT2D eigenvalue weighted by Crippen LogP contribution is -2.50. The number of anilines is 1. The molecule has 3 aromatic carbocycles. The number of ether oxygens (including phenoxy) is 1. The topological polar surface area (TPSA) is 63.0 Å². The van der Waals surface area contributed by atoms with E-state index in [1.54, 1.807) is 41.3 Å². The van der Waals surface area contributed by atoms with E-state index < -0.39 is 5.63 Å². The predicted molar refractivity (Wildman–Crippen MR) is 121 cm³/mol. The standard InChI is InChI=1S/C25H21FN2O4/c26-17-5-7-18(8-6-17)27-11-13-28(14-12-27)24(29)16-31-19-9-10-21-20-3-1-2-4-22(20)25(30)32-23(21)15-19/h1-10,15H,11-14,16H2. The molecule has 1 aliphatic heterocycles. The third kappa shape index (κ3) is 3.89. The highest BCUT2D eigenvalue weighted by atomic mass is 19.1. The van der Waals surface area contributed by atoms with Crippen LogP contribution < -0.4 is 15.3 Å². The Labute approximate surface area is 183 Å². The maximum Gasteiger partial charge on any atom is 0.344 e. The predicted octanol–water partition coefficient (Wildman–Crippen LogP) is 3.81. The number of benzene rings is 3. The van der Waals surface area contributed by atoms with E-state index in [0.717, 1.165) is 16.5 Å². The first-order chi connectivity index (χ1) is 15.6. The van der Waals surface area contributed by atoms with E-state index in [2.05, 4.69) is 4.90 Å². The molecule has 2 heterocycles. The third-order valence-electron chi connectivity index (χ3n) is 5.78. The quantitative estimate of drug-likeness (QED) is 0.363. The summed E-state index contributed by atoms with van der Waals surface area (Å²) in [6.07, 6.45) is 0. The minimum absolute atomic E-state index is 0.0974. The second kappa shape index (κ2) is 8.34. The number of carbonyl (C=O) groups excluding carboxylic acids is 1. The summed E-state index contributed by atoms with van der Waals surface area (Å²) in [5.41, 5.74) is 0.965. The van der Waals surface area contributed by atoms with Gasteiger partial charge >= 0.3 is 5.63 Å². The lowest BCUT2D eigenvalue weighted by Gasteiger charge is -2.36. The number of fused-ring (bicyclic) bond motifs is 3. The molecule has 1 aliphatic rings. The number of hydrogen-bond donors (Lipinski definition) is 0. The molecule has 0 saturated carbocycles. The summed E-state index contributed by atoms with van der Waals surface area (Å²) in [7, 11) is 0. The van der Waals surface area contributed by atoms with Crippen LogP contribution in [0.4, 0.5) is 10.1 Å². The molecule has 162 valence electrons. The fraction of sp³-hybridized carbons (Fsp3) is 0.200. The molecule has 32 heavy (non-hydrogen) atoms. The van der Waals surface area contributed by atoms with Crippen molar-refractivity contribution in [3.8, 4) is 5.75 Å². The molecule has 1 saturated heterocycles. The zero-order chi connectivity index (χ0) is 22.1. The number of amides is 1. The van der Waals surface area contributed by atoms with Crippen LogP contribution in [0.5, 0.6) is 5.75 Å². The van der Waals surface area contributed by atoms with Crippen molar-refractivity contribution in [2.24, 2.45) is 0 Å². The number of nitrogens with zero attached hydrogens (tertiary/aromatic N) is 2. The van der Waals surface area contributed by atoms with Gasteiger partial charge in [0.2, 0.25) is 0 Å². The fourth-order valence-corrected chi connectivity index (χ4v) is 4.05. The lowest BCUT2D eigenvalue weighted by atomic mass is 10.1. The van der Waals surface area contributed by atoms with E-state index in [1.807, 2.05) is 18.2 Å². The average molecular weight is 432 g/mol. The highest BCUT2D eigenvalue weighted by Gasteiger charge is 2.21. The molecule has 7 heteroatoms. The van der Waals surface area contributed by atoms with Crippen molar-refractivity contribution in [2.75, 3.05) is 37.7 Å². The third-order valence-corrected chi connectivity index (χ3v) is 5.78. The van der Waals surface area contributed by atoms with E-state index in [-0.39, 0.29) is 18.3 Å². The van der Waals surface area contributed by atoms with Crippen LogP contribution in [0.25, 0.3) is 21.7 Å². The first-order valence-electron chi connectivity index (χ1n) is 10.5. The zero-order valence-electron chi connectivity index (χ0n) is 17.3. The smallest absolute Gasteiger partial charge is 0.344 e. The second-order valence-electron chi connectivity index (χ2n) is 7.73. The second-order valence-corrected chi connectivity index (χ2v) is 7.73. The van der Waals surface area contributed by atoms with Gasteiger partial charge in [-0.05, 0) is 47.9 Å². The maximum absolute atomic E-state index is 13.1. The Bertz CT molecular complexity index is 1340. The number of hydrogen-bond acceptors (Lipinski definition) is 5. The number of halogens is 1. The van der Waals surface area contributed by atoms with Crippen LogP contribution in [0, 0.1) is 5.82 Å². The van der Waals surface area contributed by atoms with Gasteiger partial charge in [0, 0.05) is 43.3 Å². The van der Waals surface area contributed by atoms with Crippen molar-refractivity contribution in [2.45, 2.75) is 0 Å². The van der Waals surface area contributed by atoms with Crippen LogP contribution in [0.3, 0.4) is 0 Å². The molecule has 6 nitrogen and oxygen atoms in total. The summed E-state index contributed by atoms with van der Waals surface area (Å²) in [5, 5.41) is 2.17. The van der Waals surface area contributed by atoms with E-state index >= 15 is 0 Å².